The molecule has 0 aliphatic heterocycles. The van der Waals surface area contributed by atoms with Gasteiger partial charge in [-0.15, -0.1) is 0 Å². The highest BCUT2D eigenvalue weighted by Gasteiger charge is 2.28. The van der Waals surface area contributed by atoms with Gasteiger partial charge in [0.15, 0.2) is 0 Å². The number of carbonyl (C=O) groups excluding carboxylic acids is 1. The van der Waals surface area contributed by atoms with Crippen molar-refractivity contribution in [2.75, 3.05) is 6.61 Å². The van der Waals surface area contributed by atoms with Crippen LogP contribution in [0.5, 0.6) is 0 Å². The van der Waals surface area contributed by atoms with Crippen LogP contribution in [0, 0.1) is 17.6 Å². The molecule has 2 N–H and O–H groups in total. The van der Waals surface area contributed by atoms with Gasteiger partial charge in [-0.25, -0.2) is 8.78 Å². The molecule has 1 amide bonds. The summed E-state index contributed by atoms with van der Waals surface area (Å²) in [7, 11) is 0. The Morgan fingerprint density at radius 2 is 2.08 bits per heavy atom. The summed E-state index contributed by atoms with van der Waals surface area (Å²) >= 11 is 0. The van der Waals surface area contributed by atoms with Crippen molar-refractivity contribution in [1.82, 2.24) is 5.32 Å². The molecule has 1 aliphatic rings. The standard InChI is InChI=1S/C17H22F2N4O3/c1-10(17(25)21-14-2-3-14)4-16(24)15(22-23-20)9-26-8-11-5-12(18)7-13(19)6-11/h5-7,10,14-16,24H,2-4,8-9H2,1H3,(H,21,25)/t10-,15+,16+/m1/s1. The highest BCUT2D eigenvalue weighted by molar-refractivity contribution is 5.78. The second kappa shape index (κ2) is 9.47. The molecule has 0 heterocycles. The van der Waals surface area contributed by atoms with Crippen molar-refractivity contribution in [1.29, 1.82) is 0 Å². The number of hydrogen-bond donors (Lipinski definition) is 2. The largest absolute Gasteiger partial charge is 0.393 e. The molecule has 3 atom stereocenters. The zero-order chi connectivity index (χ0) is 19.1. The van der Waals surface area contributed by atoms with Gasteiger partial charge in [-0.05, 0) is 42.5 Å². The van der Waals surface area contributed by atoms with Crippen LogP contribution in [-0.4, -0.2) is 35.8 Å². The van der Waals surface area contributed by atoms with Crippen LogP contribution in [0.25, 0.3) is 10.4 Å². The van der Waals surface area contributed by atoms with Crippen molar-refractivity contribution < 1.29 is 23.4 Å². The highest BCUT2D eigenvalue weighted by atomic mass is 19.1. The molecule has 0 aromatic heterocycles. The number of carbonyl (C=O) groups is 1. The second-order valence-electron chi connectivity index (χ2n) is 6.55. The lowest BCUT2D eigenvalue weighted by Crippen LogP contribution is -2.36. The third-order valence-corrected chi connectivity index (χ3v) is 4.09. The van der Waals surface area contributed by atoms with Gasteiger partial charge in [0, 0.05) is 22.9 Å². The van der Waals surface area contributed by atoms with Crippen LogP contribution in [0.3, 0.4) is 0 Å². The Balaban J connectivity index is 1.84. The average Bonchev–Trinajstić information content (AvgIpc) is 3.37. The Hall–Kier alpha value is -2.22. The number of rotatable bonds is 10. The fourth-order valence-corrected chi connectivity index (χ4v) is 2.48. The SMILES string of the molecule is C[C@H](C[C@H](O)[C@H](COCc1cc(F)cc(F)c1)N=[N+]=[N-])C(=O)NC1CC1. The summed E-state index contributed by atoms with van der Waals surface area (Å²) in [6, 6.07) is 2.34. The first-order valence-electron chi connectivity index (χ1n) is 8.44. The monoisotopic (exact) mass is 368 g/mol. The smallest absolute Gasteiger partial charge is 0.223 e. The van der Waals surface area contributed by atoms with Gasteiger partial charge in [0.2, 0.25) is 5.91 Å². The zero-order valence-electron chi connectivity index (χ0n) is 14.4. The van der Waals surface area contributed by atoms with Crippen LogP contribution in [-0.2, 0) is 16.1 Å². The number of aliphatic hydroxyl groups excluding tert-OH is 1. The van der Waals surface area contributed by atoms with E-state index in [4.69, 9.17) is 10.3 Å². The summed E-state index contributed by atoms with van der Waals surface area (Å²) in [6.07, 6.45) is 0.976. The van der Waals surface area contributed by atoms with Crippen LogP contribution in [0.4, 0.5) is 8.78 Å². The highest BCUT2D eigenvalue weighted by Crippen LogP contribution is 2.20. The Kier molecular flexibility index (Phi) is 7.32. The lowest BCUT2D eigenvalue weighted by molar-refractivity contribution is -0.125. The van der Waals surface area contributed by atoms with Gasteiger partial charge in [0.25, 0.3) is 0 Å². The Bertz CT molecular complexity index is 658. The number of hydrogen-bond acceptors (Lipinski definition) is 4. The molecule has 0 saturated heterocycles. The molecule has 0 bridgehead atoms. The van der Waals surface area contributed by atoms with Crippen LogP contribution < -0.4 is 5.32 Å². The topological polar surface area (TPSA) is 107 Å². The molecule has 0 radical (unpaired) electrons. The molecule has 142 valence electrons. The van der Waals surface area contributed by atoms with Crippen molar-refractivity contribution in [2.24, 2.45) is 11.0 Å². The van der Waals surface area contributed by atoms with E-state index in [1.165, 1.54) is 0 Å². The third-order valence-electron chi connectivity index (χ3n) is 4.09. The van der Waals surface area contributed by atoms with E-state index in [1.54, 1.807) is 6.92 Å². The first kappa shape index (κ1) is 20.1. The molecule has 2 rings (SSSR count). The fourth-order valence-electron chi connectivity index (χ4n) is 2.48. The maximum absolute atomic E-state index is 13.1. The number of ether oxygens (including phenoxy) is 1. The van der Waals surface area contributed by atoms with Crippen molar-refractivity contribution >= 4 is 5.91 Å². The molecule has 7 nitrogen and oxygen atoms in total. The van der Waals surface area contributed by atoms with E-state index in [-0.39, 0.29) is 37.1 Å². The molecule has 1 aliphatic carbocycles. The summed E-state index contributed by atoms with van der Waals surface area (Å²) < 4.78 is 31.6. The number of benzene rings is 1. The van der Waals surface area contributed by atoms with Crippen LogP contribution in [0.1, 0.15) is 31.7 Å². The van der Waals surface area contributed by atoms with Gasteiger partial charge >= 0.3 is 0 Å². The number of nitrogens with one attached hydrogen (secondary N) is 1. The molecule has 0 spiro atoms. The molecular formula is C17H22F2N4O3. The number of amides is 1. The molecule has 9 heteroatoms. The minimum atomic E-state index is -1.07. The number of azide groups is 1. The lowest BCUT2D eigenvalue weighted by atomic mass is 9.98. The van der Waals surface area contributed by atoms with E-state index in [1.807, 2.05) is 0 Å². The minimum absolute atomic E-state index is 0.101. The maximum atomic E-state index is 13.1. The molecule has 26 heavy (non-hydrogen) atoms. The molecule has 1 saturated carbocycles. The van der Waals surface area contributed by atoms with Crippen LogP contribution in [0.15, 0.2) is 23.3 Å². The zero-order valence-corrected chi connectivity index (χ0v) is 14.4. The molecular weight excluding hydrogens is 346 g/mol. The number of nitrogens with zero attached hydrogens (tertiary/aromatic N) is 3. The van der Waals surface area contributed by atoms with Crippen molar-refractivity contribution in [3.63, 3.8) is 0 Å². The second-order valence-corrected chi connectivity index (χ2v) is 6.55. The van der Waals surface area contributed by atoms with E-state index >= 15 is 0 Å². The van der Waals surface area contributed by atoms with Gasteiger partial charge in [-0.2, -0.15) is 0 Å². The number of aliphatic hydroxyl groups is 1. The van der Waals surface area contributed by atoms with Crippen LogP contribution in [0.2, 0.25) is 0 Å². The summed E-state index contributed by atoms with van der Waals surface area (Å²) in [4.78, 5) is 14.6. The van der Waals surface area contributed by atoms with E-state index in [0.717, 1.165) is 31.0 Å². The third kappa shape index (κ3) is 6.59. The van der Waals surface area contributed by atoms with Crippen molar-refractivity contribution in [3.8, 4) is 0 Å². The first-order valence-corrected chi connectivity index (χ1v) is 8.44. The predicted molar refractivity (Wildman–Crippen MR) is 89.9 cm³/mol. The van der Waals surface area contributed by atoms with E-state index in [2.05, 4.69) is 15.3 Å². The Morgan fingerprint density at radius 3 is 2.65 bits per heavy atom. The van der Waals surface area contributed by atoms with Gasteiger partial charge in [-0.3, -0.25) is 4.79 Å². The summed E-state index contributed by atoms with van der Waals surface area (Å²) in [6.45, 7) is 1.45. The fraction of sp³-hybridized carbons (Fsp3) is 0.588. The van der Waals surface area contributed by atoms with E-state index < -0.39 is 29.7 Å². The van der Waals surface area contributed by atoms with Crippen molar-refractivity contribution in [3.05, 3.63) is 45.8 Å². The van der Waals surface area contributed by atoms with Gasteiger partial charge in [0.05, 0.1) is 25.4 Å². The normalized spacial score (nSPS) is 17.1. The minimum Gasteiger partial charge on any atom is -0.393 e. The lowest BCUT2D eigenvalue weighted by Gasteiger charge is -2.21. The van der Waals surface area contributed by atoms with Gasteiger partial charge < -0.3 is 15.2 Å². The predicted octanol–water partition coefficient (Wildman–Crippen LogP) is 2.83. The average molecular weight is 368 g/mol. The maximum Gasteiger partial charge on any atom is 0.223 e. The molecule has 0 unspecified atom stereocenters. The molecule has 1 aromatic carbocycles. The summed E-state index contributed by atoms with van der Waals surface area (Å²) in [5.41, 5.74) is 8.94. The van der Waals surface area contributed by atoms with Crippen LogP contribution >= 0.6 is 0 Å². The van der Waals surface area contributed by atoms with E-state index in [0.29, 0.717) is 0 Å². The summed E-state index contributed by atoms with van der Waals surface area (Å²) in [5, 5.41) is 16.6. The molecule has 1 aromatic rings. The molecule has 1 fully saturated rings. The van der Waals surface area contributed by atoms with Gasteiger partial charge in [0.1, 0.15) is 11.6 Å². The summed E-state index contributed by atoms with van der Waals surface area (Å²) in [5.74, 6) is -2.03. The van der Waals surface area contributed by atoms with Gasteiger partial charge in [-0.1, -0.05) is 12.0 Å². The Morgan fingerprint density at radius 1 is 1.42 bits per heavy atom. The quantitative estimate of drug-likeness (QED) is 0.377. The van der Waals surface area contributed by atoms with E-state index in [9.17, 15) is 18.7 Å². The first-order chi connectivity index (χ1) is 12.4. The Labute approximate surface area is 150 Å². The number of halogens is 2. The van der Waals surface area contributed by atoms with Crippen molar-refractivity contribution in [2.45, 2.75) is 51.0 Å².